The molecular formula is C35H52N2O4. The molecule has 0 bridgehead atoms. The molecule has 0 spiro atoms. The second kappa shape index (κ2) is 9.44. The minimum atomic E-state index is -0.341. The molecule has 6 rings (SSSR count). The fourth-order valence-electron chi connectivity index (χ4n) is 12.4. The van der Waals surface area contributed by atoms with Crippen LogP contribution in [0.5, 0.6) is 0 Å². The molecule has 6 nitrogen and oxygen atoms in total. The Balaban J connectivity index is 1.31. The summed E-state index contributed by atoms with van der Waals surface area (Å²) >= 11 is 0. The first-order chi connectivity index (χ1) is 19.3. The number of hydrogen-bond donors (Lipinski definition) is 0. The van der Waals surface area contributed by atoms with Gasteiger partial charge in [-0.25, -0.2) is 14.3 Å². The van der Waals surface area contributed by atoms with Gasteiger partial charge in [-0.05, 0) is 117 Å². The standard InChI is InChI=1S/C35H52N2O4/c1-22(2)23-11-16-35(29(38)40-8)18-17-33(6)24(28(23)35)9-10-26-32(5)14-13-27(41-30(39)37-20-19-36-21-37)31(3,4)25(32)12-15-34(26,33)7/h19-21,23-28H,1,9-18H2,2-8H3/t23-,24+,25-,26+,27-,28+,32-,33+,34+,35-/m0/s1. The van der Waals surface area contributed by atoms with E-state index in [1.165, 1.54) is 35.7 Å². The van der Waals surface area contributed by atoms with E-state index in [9.17, 15) is 9.59 Å². The number of nitrogens with zero attached hydrogens (tertiary/aromatic N) is 2. The fraction of sp³-hybridized carbons (Fsp3) is 0.800. The highest BCUT2D eigenvalue weighted by Gasteiger charge is 2.72. The minimum absolute atomic E-state index is 0.0292. The first-order valence-electron chi connectivity index (χ1n) is 16.2. The normalized spacial score (nSPS) is 46.3. The maximum atomic E-state index is 13.5. The molecule has 0 radical (unpaired) electrons. The number of carbonyl (C=O) groups is 2. The number of imidazole rings is 1. The van der Waals surface area contributed by atoms with Gasteiger partial charge in [0.25, 0.3) is 0 Å². The largest absolute Gasteiger partial charge is 0.469 e. The molecule has 226 valence electrons. The average molecular weight is 565 g/mol. The number of carbonyl (C=O) groups excluding carboxylic acids is 2. The van der Waals surface area contributed by atoms with Gasteiger partial charge >= 0.3 is 12.1 Å². The minimum Gasteiger partial charge on any atom is -0.469 e. The average Bonchev–Trinajstić information content (AvgIpc) is 3.59. The molecule has 0 saturated heterocycles. The van der Waals surface area contributed by atoms with Crippen LogP contribution in [0.3, 0.4) is 0 Å². The lowest BCUT2D eigenvalue weighted by atomic mass is 9.32. The van der Waals surface area contributed by atoms with Crippen LogP contribution in [0.15, 0.2) is 30.9 Å². The van der Waals surface area contributed by atoms with Gasteiger partial charge in [0, 0.05) is 17.8 Å². The van der Waals surface area contributed by atoms with Crippen LogP contribution < -0.4 is 0 Å². The number of esters is 1. The first kappa shape index (κ1) is 29.0. The summed E-state index contributed by atoms with van der Waals surface area (Å²) in [5, 5.41) is 0. The number of allylic oxidation sites excluding steroid dienone is 1. The lowest BCUT2D eigenvalue weighted by Crippen LogP contribution is -2.67. The molecule has 1 heterocycles. The predicted octanol–water partition coefficient (Wildman–Crippen LogP) is 8.07. The summed E-state index contributed by atoms with van der Waals surface area (Å²) in [7, 11) is 1.58. The maximum Gasteiger partial charge on any atom is 0.419 e. The van der Waals surface area contributed by atoms with Crippen molar-refractivity contribution in [2.45, 2.75) is 112 Å². The van der Waals surface area contributed by atoms with Gasteiger partial charge in [0.2, 0.25) is 0 Å². The zero-order chi connectivity index (χ0) is 29.6. The third-order valence-corrected chi connectivity index (χ3v) is 14.6. The Morgan fingerprint density at radius 1 is 0.902 bits per heavy atom. The molecule has 5 aliphatic carbocycles. The van der Waals surface area contributed by atoms with E-state index in [1.807, 2.05) is 0 Å². The zero-order valence-corrected chi connectivity index (χ0v) is 26.5. The lowest BCUT2D eigenvalue weighted by Gasteiger charge is -2.72. The molecule has 0 amide bonds. The number of aromatic nitrogens is 2. The van der Waals surface area contributed by atoms with Gasteiger partial charge in [0.05, 0.1) is 12.5 Å². The number of fused-ring (bicyclic) bond motifs is 7. The van der Waals surface area contributed by atoms with Crippen molar-refractivity contribution in [2.24, 2.45) is 56.7 Å². The van der Waals surface area contributed by atoms with E-state index in [-0.39, 0.29) is 45.2 Å². The summed E-state index contributed by atoms with van der Waals surface area (Å²) in [5.74, 6) is 2.41. The Kier molecular flexibility index (Phi) is 6.68. The highest BCUT2D eigenvalue weighted by Crippen LogP contribution is 2.77. The van der Waals surface area contributed by atoms with Crippen molar-refractivity contribution in [2.75, 3.05) is 7.11 Å². The lowest BCUT2D eigenvalue weighted by molar-refractivity contribution is -0.248. The van der Waals surface area contributed by atoms with Gasteiger partial charge < -0.3 is 9.47 Å². The molecule has 5 fully saturated rings. The van der Waals surface area contributed by atoms with Crippen molar-refractivity contribution < 1.29 is 19.1 Å². The number of rotatable bonds is 3. The van der Waals surface area contributed by atoms with E-state index in [2.05, 4.69) is 53.1 Å². The molecule has 0 aromatic carbocycles. The van der Waals surface area contributed by atoms with Crippen molar-refractivity contribution in [3.8, 4) is 0 Å². The molecule has 5 saturated carbocycles. The van der Waals surface area contributed by atoms with Crippen molar-refractivity contribution in [3.63, 3.8) is 0 Å². The third kappa shape index (κ3) is 3.76. The van der Waals surface area contributed by atoms with Crippen LogP contribution in [-0.4, -0.2) is 34.8 Å². The topological polar surface area (TPSA) is 70.4 Å². The van der Waals surface area contributed by atoms with Gasteiger partial charge in [-0.2, -0.15) is 0 Å². The van der Waals surface area contributed by atoms with Crippen LogP contribution in [0.4, 0.5) is 4.79 Å². The van der Waals surface area contributed by atoms with Crippen LogP contribution in [0.1, 0.15) is 106 Å². The third-order valence-electron chi connectivity index (χ3n) is 14.6. The van der Waals surface area contributed by atoms with E-state index in [0.29, 0.717) is 29.6 Å². The van der Waals surface area contributed by atoms with Gasteiger partial charge in [-0.3, -0.25) is 4.79 Å². The molecule has 0 unspecified atom stereocenters. The predicted molar refractivity (Wildman–Crippen MR) is 159 cm³/mol. The molecule has 0 N–H and O–H groups in total. The Morgan fingerprint density at radius 2 is 1.66 bits per heavy atom. The van der Waals surface area contributed by atoms with E-state index in [1.54, 1.807) is 19.5 Å². The van der Waals surface area contributed by atoms with Crippen molar-refractivity contribution >= 4 is 12.1 Å². The molecule has 1 aromatic rings. The van der Waals surface area contributed by atoms with Gasteiger partial charge in [-0.1, -0.05) is 46.8 Å². The summed E-state index contributed by atoms with van der Waals surface area (Å²) < 4.78 is 13.1. The highest BCUT2D eigenvalue weighted by molar-refractivity contribution is 5.78. The quantitative estimate of drug-likeness (QED) is 0.274. The summed E-state index contributed by atoms with van der Waals surface area (Å²) in [6.07, 6.45) is 15.2. The second-order valence-corrected chi connectivity index (χ2v) is 16.0. The van der Waals surface area contributed by atoms with E-state index in [0.717, 1.165) is 44.9 Å². The monoisotopic (exact) mass is 564 g/mol. The summed E-state index contributed by atoms with van der Waals surface area (Å²) in [6, 6.07) is 0. The number of methoxy groups -OCH3 is 1. The highest BCUT2D eigenvalue weighted by atomic mass is 16.6. The van der Waals surface area contributed by atoms with Crippen molar-refractivity contribution in [1.29, 1.82) is 0 Å². The summed E-state index contributed by atoms with van der Waals surface area (Å²) in [4.78, 5) is 30.4. The Bertz CT molecular complexity index is 1220. The maximum absolute atomic E-state index is 13.5. The molecule has 1 aromatic heterocycles. The van der Waals surface area contributed by atoms with Crippen molar-refractivity contribution in [3.05, 3.63) is 30.9 Å². The molecular weight excluding hydrogens is 512 g/mol. The van der Waals surface area contributed by atoms with E-state index in [4.69, 9.17) is 9.47 Å². The van der Waals surface area contributed by atoms with E-state index < -0.39 is 0 Å². The molecule has 41 heavy (non-hydrogen) atoms. The molecule has 10 atom stereocenters. The van der Waals surface area contributed by atoms with Gasteiger partial charge in [-0.15, -0.1) is 0 Å². The Hall–Kier alpha value is -2.11. The number of hydrogen-bond acceptors (Lipinski definition) is 5. The van der Waals surface area contributed by atoms with Gasteiger partial charge in [0.15, 0.2) is 0 Å². The second-order valence-electron chi connectivity index (χ2n) is 16.0. The van der Waals surface area contributed by atoms with Crippen LogP contribution in [0.25, 0.3) is 0 Å². The van der Waals surface area contributed by atoms with Crippen LogP contribution in [0.2, 0.25) is 0 Å². The van der Waals surface area contributed by atoms with Crippen molar-refractivity contribution in [1.82, 2.24) is 9.55 Å². The number of ether oxygens (including phenoxy) is 2. The molecule has 5 aliphatic rings. The first-order valence-corrected chi connectivity index (χ1v) is 16.2. The Labute approximate surface area is 247 Å². The van der Waals surface area contributed by atoms with Crippen LogP contribution >= 0.6 is 0 Å². The molecule has 6 heteroatoms. The van der Waals surface area contributed by atoms with Crippen LogP contribution in [-0.2, 0) is 14.3 Å². The summed E-state index contributed by atoms with van der Waals surface area (Å²) in [5.41, 5.74) is 1.39. The van der Waals surface area contributed by atoms with E-state index >= 15 is 0 Å². The van der Waals surface area contributed by atoms with Crippen LogP contribution in [0, 0.1) is 56.7 Å². The fourth-order valence-corrected chi connectivity index (χ4v) is 12.4. The SMILES string of the molecule is C=C(C)[C@@H]1CC[C@]2(C(=O)OC)CC[C@]3(C)[C@H](CC[C@@H]4[C@@]5(C)CC[C@H](OC(=O)n6ccnc6)C(C)(C)[C@@H]5CC[C@]43C)[C@@H]12. The smallest absolute Gasteiger partial charge is 0.419 e. The zero-order valence-electron chi connectivity index (χ0n) is 26.5. The summed E-state index contributed by atoms with van der Waals surface area (Å²) in [6.45, 7) is 19.1. The van der Waals surface area contributed by atoms with Gasteiger partial charge in [0.1, 0.15) is 12.4 Å². The Morgan fingerprint density at radius 3 is 2.32 bits per heavy atom. The molecule has 0 aliphatic heterocycles.